The summed E-state index contributed by atoms with van der Waals surface area (Å²) >= 11 is 0. The lowest BCUT2D eigenvalue weighted by Gasteiger charge is -2.52. The van der Waals surface area contributed by atoms with Crippen LogP contribution in [0, 0.1) is 22.0 Å². The third-order valence-electron chi connectivity index (χ3n) is 8.18. The highest BCUT2D eigenvalue weighted by molar-refractivity contribution is 6.25. The van der Waals surface area contributed by atoms with E-state index in [0.29, 0.717) is 0 Å². The minimum atomic E-state index is -1.23. The molecular formula is C30H20N4O6. The number of imide groups is 1. The number of hydrazone groups is 1. The van der Waals surface area contributed by atoms with E-state index in [0.717, 1.165) is 27.2 Å². The molecule has 4 aromatic rings. The van der Waals surface area contributed by atoms with Gasteiger partial charge in [-0.05, 0) is 40.5 Å². The first-order chi connectivity index (χ1) is 19.4. The van der Waals surface area contributed by atoms with E-state index in [1.54, 1.807) is 12.1 Å². The number of carbonyl (C=O) groups is 3. The third kappa shape index (κ3) is 3.04. The van der Waals surface area contributed by atoms with Gasteiger partial charge in [0.2, 0.25) is 11.8 Å². The van der Waals surface area contributed by atoms with Crippen LogP contribution in [0.25, 0.3) is 0 Å². The molecule has 10 heteroatoms. The van der Waals surface area contributed by atoms with Crippen molar-refractivity contribution >= 4 is 35.3 Å². The van der Waals surface area contributed by atoms with Gasteiger partial charge in [0.1, 0.15) is 5.69 Å². The summed E-state index contributed by atoms with van der Waals surface area (Å²) in [5.41, 5.74) is 4.18. The lowest BCUT2D eigenvalue weighted by atomic mass is 9.47. The Morgan fingerprint density at radius 2 is 1.57 bits per heavy atom. The normalized spacial score (nSPS) is 24.1. The fourth-order valence-electron chi connectivity index (χ4n) is 6.75. The zero-order valence-corrected chi connectivity index (χ0v) is 20.8. The van der Waals surface area contributed by atoms with E-state index in [-0.39, 0.29) is 17.1 Å². The second kappa shape index (κ2) is 8.57. The topological polar surface area (TPSA) is 135 Å². The van der Waals surface area contributed by atoms with Crippen LogP contribution in [-0.4, -0.2) is 28.9 Å². The Hall–Kier alpha value is -5.38. The summed E-state index contributed by atoms with van der Waals surface area (Å²) < 4.78 is 5.16. The van der Waals surface area contributed by atoms with Gasteiger partial charge in [0.05, 0.1) is 28.4 Å². The summed E-state index contributed by atoms with van der Waals surface area (Å²) in [6.07, 6.45) is 2.89. The third-order valence-corrected chi connectivity index (χ3v) is 8.18. The monoisotopic (exact) mass is 532 g/mol. The van der Waals surface area contributed by atoms with E-state index < -0.39 is 45.8 Å². The number of hydrogen-bond acceptors (Lipinski definition) is 7. The number of rotatable bonds is 5. The van der Waals surface area contributed by atoms with E-state index >= 15 is 0 Å². The zero-order valence-electron chi connectivity index (χ0n) is 20.8. The summed E-state index contributed by atoms with van der Waals surface area (Å²) in [5, 5.41) is 16.2. The predicted octanol–water partition coefficient (Wildman–Crippen LogP) is 4.15. The Balaban J connectivity index is 1.44. The largest absolute Gasteiger partial charge is 0.459 e. The van der Waals surface area contributed by atoms with Crippen LogP contribution in [0.3, 0.4) is 0 Å². The highest BCUT2D eigenvalue weighted by atomic mass is 16.6. The first kappa shape index (κ1) is 23.7. The molecule has 3 amide bonds. The van der Waals surface area contributed by atoms with Crippen LogP contribution < -0.4 is 10.3 Å². The fraction of sp³-hybridized carbons (Fsp3) is 0.133. The average molecular weight is 533 g/mol. The van der Waals surface area contributed by atoms with Gasteiger partial charge in [-0.25, -0.2) is 10.3 Å². The maximum absolute atomic E-state index is 14.3. The van der Waals surface area contributed by atoms with Crippen molar-refractivity contribution in [1.82, 2.24) is 5.43 Å². The van der Waals surface area contributed by atoms with Crippen molar-refractivity contribution in [1.29, 1.82) is 0 Å². The molecule has 8 rings (SSSR count). The SMILES string of the molecule is O=C(N/N=C\C12c3ccccc3C(c3ccccc31)[C@@H]1C(=O)N(c3ccccc3[N+](=O)[O-])C(=O)[C@@H]12)c1ccco1. The van der Waals surface area contributed by atoms with Gasteiger partial charge in [-0.1, -0.05) is 60.7 Å². The van der Waals surface area contributed by atoms with Crippen LogP contribution in [0.2, 0.25) is 0 Å². The van der Waals surface area contributed by atoms with Gasteiger partial charge in [0.25, 0.3) is 5.69 Å². The zero-order chi connectivity index (χ0) is 27.6. The van der Waals surface area contributed by atoms with Gasteiger partial charge in [-0.3, -0.25) is 24.5 Å². The second-order valence-electron chi connectivity index (χ2n) is 9.96. The van der Waals surface area contributed by atoms with Crippen molar-refractivity contribution in [3.8, 4) is 0 Å². The number of nitrogens with zero attached hydrogens (tertiary/aromatic N) is 3. The van der Waals surface area contributed by atoms with E-state index in [2.05, 4.69) is 10.5 Å². The van der Waals surface area contributed by atoms with Crippen molar-refractivity contribution in [3.63, 3.8) is 0 Å². The molecule has 0 saturated carbocycles. The minimum absolute atomic E-state index is 0.0651. The van der Waals surface area contributed by atoms with E-state index in [9.17, 15) is 24.5 Å². The van der Waals surface area contributed by atoms with E-state index in [1.807, 2.05) is 48.5 Å². The van der Waals surface area contributed by atoms with Crippen LogP contribution in [0.1, 0.15) is 38.7 Å². The number of nitrogens with one attached hydrogen (secondary N) is 1. The molecule has 1 aromatic heterocycles. The predicted molar refractivity (Wildman–Crippen MR) is 143 cm³/mol. The fourth-order valence-corrected chi connectivity index (χ4v) is 6.75. The smallest absolute Gasteiger partial charge is 0.307 e. The quantitative estimate of drug-likeness (QED) is 0.178. The minimum Gasteiger partial charge on any atom is -0.459 e. The molecule has 196 valence electrons. The molecule has 1 fully saturated rings. The summed E-state index contributed by atoms with van der Waals surface area (Å²) in [5.74, 6) is -3.78. The van der Waals surface area contributed by atoms with Gasteiger partial charge < -0.3 is 4.42 Å². The number of nitro benzene ring substituents is 1. The van der Waals surface area contributed by atoms with Gasteiger partial charge >= 0.3 is 5.91 Å². The molecule has 3 aliphatic carbocycles. The number of carbonyl (C=O) groups excluding carboxylic acids is 3. The Morgan fingerprint density at radius 3 is 2.23 bits per heavy atom. The first-order valence-corrected chi connectivity index (χ1v) is 12.6. The molecule has 0 spiro atoms. The van der Waals surface area contributed by atoms with Crippen molar-refractivity contribution in [2.45, 2.75) is 11.3 Å². The number of benzene rings is 3. The van der Waals surface area contributed by atoms with Crippen LogP contribution in [0.15, 0.2) is 101 Å². The first-order valence-electron chi connectivity index (χ1n) is 12.6. The maximum atomic E-state index is 14.3. The lowest BCUT2D eigenvalue weighted by molar-refractivity contribution is -0.384. The number of furan rings is 1. The molecule has 0 unspecified atom stereocenters. The number of hydrogen-bond donors (Lipinski definition) is 1. The van der Waals surface area contributed by atoms with Gasteiger partial charge in [-0.15, -0.1) is 0 Å². The summed E-state index contributed by atoms with van der Waals surface area (Å²) in [6, 6.07) is 24.0. The Bertz CT molecular complexity index is 1710. The van der Waals surface area contributed by atoms with Gasteiger partial charge in [0, 0.05) is 18.2 Å². The number of amides is 3. The number of nitro groups is 1. The van der Waals surface area contributed by atoms with E-state index in [4.69, 9.17) is 4.42 Å². The summed E-state index contributed by atoms with van der Waals surface area (Å²) in [6.45, 7) is 0. The Morgan fingerprint density at radius 1 is 0.925 bits per heavy atom. The molecule has 2 bridgehead atoms. The highest BCUT2D eigenvalue weighted by Crippen LogP contribution is 2.63. The Kier molecular flexibility index (Phi) is 5.08. The Labute approximate surface area is 227 Å². The summed E-state index contributed by atoms with van der Waals surface area (Å²) in [7, 11) is 0. The van der Waals surface area contributed by atoms with Crippen molar-refractivity contribution < 1.29 is 23.7 Å². The van der Waals surface area contributed by atoms with Crippen molar-refractivity contribution in [2.24, 2.45) is 16.9 Å². The van der Waals surface area contributed by atoms with Crippen LogP contribution in [0.5, 0.6) is 0 Å². The maximum Gasteiger partial charge on any atom is 0.307 e. The van der Waals surface area contributed by atoms with Crippen LogP contribution >= 0.6 is 0 Å². The molecule has 1 saturated heterocycles. The molecule has 0 radical (unpaired) electrons. The molecule has 2 atom stereocenters. The summed E-state index contributed by atoms with van der Waals surface area (Å²) in [4.78, 5) is 53.3. The molecule has 4 aliphatic rings. The molecule has 1 N–H and O–H groups in total. The molecule has 2 heterocycles. The number of anilines is 1. The van der Waals surface area contributed by atoms with Crippen molar-refractivity contribution in [2.75, 3.05) is 4.90 Å². The average Bonchev–Trinajstić information content (AvgIpc) is 3.61. The highest BCUT2D eigenvalue weighted by Gasteiger charge is 2.68. The standard InChI is InChI=1S/C30H20N4O6/c35-27(23-14-7-15-40-23)32-31-16-30-19-10-3-1-8-17(19)24(18-9-2-4-11-20(18)30)25-26(30)29(37)33(28(25)36)21-12-5-6-13-22(21)34(38)39/h1-16,24-26H,(H,32,35)/b31-16-/t24?,25-,26+,30?/m0/s1. The molecular weight excluding hydrogens is 512 g/mol. The van der Waals surface area contributed by atoms with E-state index in [1.165, 1.54) is 36.7 Å². The number of para-hydroxylation sites is 2. The van der Waals surface area contributed by atoms with Crippen molar-refractivity contribution in [3.05, 3.63) is 129 Å². The molecule has 1 aliphatic heterocycles. The van der Waals surface area contributed by atoms with Crippen LogP contribution in [-0.2, 0) is 15.0 Å². The van der Waals surface area contributed by atoms with Gasteiger partial charge in [-0.2, -0.15) is 5.10 Å². The molecule has 40 heavy (non-hydrogen) atoms. The molecule has 3 aromatic carbocycles. The molecule has 10 nitrogen and oxygen atoms in total. The lowest BCUT2D eigenvalue weighted by Crippen LogP contribution is -2.54. The van der Waals surface area contributed by atoms with Gasteiger partial charge in [0.15, 0.2) is 5.76 Å². The van der Waals surface area contributed by atoms with Crippen LogP contribution in [0.4, 0.5) is 11.4 Å². The second-order valence-corrected chi connectivity index (χ2v) is 9.96.